The number of carbonyl (C=O) groups is 2. The number of hydrogen-bond donors (Lipinski definition) is 3. The van der Waals surface area contributed by atoms with Gasteiger partial charge in [-0.1, -0.05) is 19.8 Å². The Morgan fingerprint density at radius 2 is 2.29 bits per heavy atom. The Labute approximate surface area is 113 Å². The van der Waals surface area contributed by atoms with E-state index in [2.05, 4.69) is 32.9 Å². The van der Waals surface area contributed by atoms with Crippen molar-refractivity contribution in [3.63, 3.8) is 0 Å². The monoisotopic (exact) mass is 350 g/mol. The van der Waals surface area contributed by atoms with Crippen LogP contribution in [0, 0.1) is 3.57 Å². The Morgan fingerprint density at radius 3 is 2.76 bits per heavy atom. The summed E-state index contributed by atoms with van der Waals surface area (Å²) in [4.78, 5) is 25.5. The van der Waals surface area contributed by atoms with Crippen LogP contribution in [-0.2, 0) is 4.79 Å². The number of halogens is 1. The molecule has 0 fully saturated rings. The molecule has 0 spiro atoms. The predicted molar refractivity (Wildman–Crippen MR) is 71.9 cm³/mol. The van der Waals surface area contributed by atoms with E-state index in [0.717, 1.165) is 16.4 Å². The van der Waals surface area contributed by atoms with Gasteiger partial charge in [-0.2, -0.15) is 0 Å². The lowest BCUT2D eigenvalue weighted by Crippen LogP contribution is -2.40. The zero-order chi connectivity index (χ0) is 12.8. The Hall–Kier alpha value is -1.05. The summed E-state index contributed by atoms with van der Waals surface area (Å²) in [5.41, 5.74) is 0.386. The fraction of sp³-hybridized carbons (Fsp3) is 0.455. The topological polar surface area (TPSA) is 82.2 Å². The number of amides is 1. The standard InChI is InChI=1S/C11H15IN2O3/c1-2-3-4-8(11(16)17)14-10(15)9-5-7(12)6-13-9/h5-6,8,13H,2-4H2,1H3,(H,14,15)(H,16,17)/t8-/m0/s1. The zero-order valence-electron chi connectivity index (χ0n) is 9.50. The third-order valence-corrected chi connectivity index (χ3v) is 2.96. The number of carbonyl (C=O) groups excluding carboxylic acids is 1. The molecule has 0 bridgehead atoms. The lowest BCUT2D eigenvalue weighted by atomic mass is 10.1. The summed E-state index contributed by atoms with van der Waals surface area (Å²) < 4.78 is 0.910. The first-order valence-corrected chi connectivity index (χ1v) is 6.50. The molecule has 0 saturated carbocycles. The third kappa shape index (κ3) is 4.37. The second kappa shape index (κ2) is 6.63. The molecule has 0 aliphatic carbocycles. The average Bonchev–Trinajstić information content (AvgIpc) is 2.70. The molecule has 5 nitrogen and oxygen atoms in total. The Kier molecular flexibility index (Phi) is 5.46. The first-order chi connectivity index (χ1) is 8.04. The Bertz CT molecular complexity index is 403. The fourth-order valence-corrected chi connectivity index (χ4v) is 1.87. The van der Waals surface area contributed by atoms with Crippen molar-refractivity contribution in [3.8, 4) is 0 Å². The van der Waals surface area contributed by atoms with Crippen molar-refractivity contribution >= 4 is 34.5 Å². The van der Waals surface area contributed by atoms with Crippen LogP contribution in [0.3, 0.4) is 0 Å². The molecule has 0 radical (unpaired) electrons. The summed E-state index contributed by atoms with van der Waals surface area (Å²) in [6, 6.07) is 0.859. The molecule has 1 aromatic heterocycles. The summed E-state index contributed by atoms with van der Waals surface area (Å²) >= 11 is 2.08. The maximum absolute atomic E-state index is 11.7. The van der Waals surface area contributed by atoms with Gasteiger partial charge in [-0.3, -0.25) is 4.79 Å². The van der Waals surface area contributed by atoms with E-state index in [1.54, 1.807) is 12.3 Å². The van der Waals surface area contributed by atoms with Gasteiger partial charge in [0.2, 0.25) is 0 Å². The maximum Gasteiger partial charge on any atom is 0.326 e. The summed E-state index contributed by atoms with van der Waals surface area (Å²) in [6.07, 6.45) is 3.83. The highest BCUT2D eigenvalue weighted by Gasteiger charge is 2.20. The minimum Gasteiger partial charge on any atom is -0.480 e. The lowest BCUT2D eigenvalue weighted by molar-refractivity contribution is -0.139. The van der Waals surface area contributed by atoms with Crippen LogP contribution in [0.15, 0.2) is 12.3 Å². The van der Waals surface area contributed by atoms with Crippen molar-refractivity contribution in [3.05, 3.63) is 21.5 Å². The van der Waals surface area contributed by atoms with Crippen LogP contribution in [-0.4, -0.2) is 28.0 Å². The van der Waals surface area contributed by atoms with Gasteiger partial charge in [0.1, 0.15) is 11.7 Å². The molecule has 0 saturated heterocycles. The molecule has 1 atom stereocenters. The van der Waals surface area contributed by atoms with Crippen LogP contribution >= 0.6 is 22.6 Å². The number of aromatic amines is 1. The predicted octanol–water partition coefficient (Wildman–Crippen LogP) is 1.99. The van der Waals surface area contributed by atoms with Gasteiger partial charge in [-0.25, -0.2) is 4.79 Å². The number of hydrogen-bond acceptors (Lipinski definition) is 2. The number of carboxylic acids is 1. The zero-order valence-corrected chi connectivity index (χ0v) is 11.7. The van der Waals surface area contributed by atoms with Gasteiger partial charge in [0.05, 0.1) is 0 Å². The molecule has 0 aromatic carbocycles. The average molecular weight is 350 g/mol. The van der Waals surface area contributed by atoms with E-state index < -0.39 is 12.0 Å². The number of aromatic nitrogens is 1. The van der Waals surface area contributed by atoms with E-state index in [0.29, 0.717) is 12.1 Å². The second-order valence-corrected chi connectivity index (χ2v) is 4.98. The lowest BCUT2D eigenvalue weighted by Gasteiger charge is -2.13. The van der Waals surface area contributed by atoms with E-state index in [1.165, 1.54) is 0 Å². The highest BCUT2D eigenvalue weighted by atomic mass is 127. The van der Waals surface area contributed by atoms with Gasteiger partial charge in [-0.05, 0) is 35.1 Å². The summed E-state index contributed by atoms with van der Waals surface area (Å²) in [6.45, 7) is 1.98. The third-order valence-electron chi connectivity index (χ3n) is 2.34. The smallest absolute Gasteiger partial charge is 0.326 e. The molecule has 0 aliphatic heterocycles. The Morgan fingerprint density at radius 1 is 1.59 bits per heavy atom. The van der Waals surface area contributed by atoms with Crippen LogP contribution in [0.5, 0.6) is 0 Å². The van der Waals surface area contributed by atoms with Crippen molar-refractivity contribution in [2.24, 2.45) is 0 Å². The maximum atomic E-state index is 11.7. The highest BCUT2D eigenvalue weighted by molar-refractivity contribution is 14.1. The van der Waals surface area contributed by atoms with E-state index in [9.17, 15) is 9.59 Å². The van der Waals surface area contributed by atoms with E-state index in [4.69, 9.17) is 5.11 Å². The van der Waals surface area contributed by atoms with E-state index in [1.807, 2.05) is 6.92 Å². The quantitative estimate of drug-likeness (QED) is 0.687. The number of H-pyrrole nitrogens is 1. The first kappa shape index (κ1) is 14.0. The SMILES string of the molecule is CCCC[C@H](NC(=O)c1cc(I)c[nH]1)C(=O)O. The number of unbranched alkanes of at least 4 members (excludes halogenated alkanes) is 1. The summed E-state index contributed by atoms with van der Waals surface area (Å²) in [5.74, 6) is -1.37. The molecule has 0 aliphatic rings. The number of nitrogens with one attached hydrogen (secondary N) is 2. The van der Waals surface area contributed by atoms with Crippen LogP contribution in [0.25, 0.3) is 0 Å². The second-order valence-electron chi connectivity index (χ2n) is 3.74. The van der Waals surface area contributed by atoms with Crippen molar-refractivity contribution in [2.75, 3.05) is 0 Å². The van der Waals surface area contributed by atoms with E-state index >= 15 is 0 Å². The van der Waals surface area contributed by atoms with Crippen LogP contribution in [0.2, 0.25) is 0 Å². The van der Waals surface area contributed by atoms with Gasteiger partial charge in [0.25, 0.3) is 5.91 Å². The van der Waals surface area contributed by atoms with Crippen LogP contribution in [0.4, 0.5) is 0 Å². The number of carboxylic acid groups (broad SMARTS) is 1. The van der Waals surface area contributed by atoms with Crippen molar-refractivity contribution in [1.82, 2.24) is 10.3 Å². The molecule has 17 heavy (non-hydrogen) atoms. The molecular weight excluding hydrogens is 335 g/mol. The molecule has 1 aromatic rings. The molecule has 0 unspecified atom stereocenters. The van der Waals surface area contributed by atoms with Crippen molar-refractivity contribution in [1.29, 1.82) is 0 Å². The van der Waals surface area contributed by atoms with Crippen molar-refractivity contribution < 1.29 is 14.7 Å². The largest absolute Gasteiger partial charge is 0.480 e. The summed E-state index contributed by atoms with van der Waals surface area (Å²) in [5, 5.41) is 11.5. The van der Waals surface area contributed by atoms with Gasteiger partial charge in [0.15, 0.2) is 0 Å². The molecule has 1 amide bonds. The summed E-state index contributed by atoms with van der Waals surface area (Å²) in [7, 11) is 0. The van der Waals surface area contributed by atoms with Gasteiger partial charge in [-0.15, -0.1) is 0 Å². The molecule has 3 N–H and O–H groups in total. The van der Waals surface area contributed by atoms with Gasteiger partial charge >= 0.3 is 5.97 Å². The normalized spacial score (nSPS) is 12.1. The number of aliphatic carboxylic acids is 1. The molecule has 94 valence electrons. The number of rotatable bonds is 6. The fourth-order valence-electron chi connectivity index (χ4n) is 1.40. The van der Waals surface area contributed by atoms with E-state index in [-0.39, 0.29) is 5.91 Å². The minimum atomic E-state index is -0.993. The Balaban J connectivity index is 2.60. The molecule has 6 heteroatoms. The highest BCUT2D eigenvalue weighted by Crippen LogP contribution is 2.07. The van der Waals surface area contributed by atoms with Crippen molar-refractivity contribution in [2.45, 2.75) is 32.2 Å². The van der Waals surface area contributed by atoms with Crippen LogP contribution < -0.4 is 5.32 Å². The molecule has 1 rings (SSSR count). The van der Waals surface area contributed by atoms with Gasteiger partial charge < -0.3 is 15.4 Å². The minimum absolute atomic E-state index is 0.378. The molecular formula is C11H15IN2O3. The van der Waals surface area contributed by atoms with Gasteiger partial charge in [0, 0.05) is 9.77 Å². The first-order valence-electron chi connectivity index (χ1n) is 5.42. The van der Waals surface area contributed by atoms with Crippen LogP contribution in [0.1, 0.15) is 36.7 Å². The molecule has 1 heterocycles.